The fourth-order valence-corrected chi connectivity index (χ4v) is 4.46. The van der Waals surface area contributed by atoms with E-state index < -0.39 is 0 Å². The van der Waals surface area contributed by atoms with Gasteiger partial charge in [0.2, 0.25) is 0 Å². The Morgan fingerprint density at radius 3 is 2.55 bits per heavy atom. The molecule has 0 N–H and O–H groups in total. The third-order valence-electron chi connectivity index (χ3n) is 6.05. The average molecular weight is 433 g/mol. The zero-order valence-electron chi connectivity index (χ0n) is 18.4. The number of aromatic nitrogens is 2. The maximum atomic E-state index is 6.25. The van der Waals surface area contributed by atoms with Crippen molar-refractivity contribution in [1.82, 2.24) is 14.5 Å². The normalized spacial score (nSPS) is 13.4. The summed E-state index contributed by atoms with van der Waals surface area (Å²) in [7, 11) is 2.07. The van der Waals surface area contributed by atoms with E-state index in [0.717, 1.165) is 34.8 Å². The fraction of sp³-hybridized carbons (Fsp3) is 0.107. The van der Waals surface area contributed by atoms with Crippen molar-refractivity contribution in [1.29, 1.82) is 0 Å². The number of rotatable bonds is 5. The number of fused-ring (bicyclic) bond motifs is 3. The minimum Gasteiger partial charge on any atom is -0.489 e. The van der Waals surface area contributed by atoms with Crippen molar-refractivity contribution in [3.8, 4) is 11.6 Å². The first-order valence-electron chi connectivity index (χ1n) is 11.1. The minimum atomic E-state index is 0.510. The van der Waals surface area contributed by atoms with E-state index in [-0.39, 0.29) is 0 Å². The minimum absolute atomic E-state index is 0.510. The van der Waals surface area contributed by atoms with Gasteiger partial charge in [0.15, 0.2) is 0 Å². The molecule has 0 aliphatic carbocycles. The van der Waals surface area contributed by atoms with Crippen LogP contribution in [0.25, 0.3) is 27.6 Å². The lowest BCUT2D eigenvalue weighted by molar-refractivity contribution is 0.306. The molecule has 0 saturated heterocycles. The standard InChI is InChI=1S/C28H24N4O/c1-30-15-16-31(20-30)22-8-6-7-21(17-22)19-33-23-12-13-25-24-9-2-3-10-26(24)32(27(25)18-23)28-11-4-5-14-29-28/h2-18H,19-20H2,1H3. The Bertz CT molecular complexity index is 1470. The lowest BCUT2D eigenvalue weighted by Gasteiger charge is -2.19. The summed E-state index contributed by atoms with van der Waals surface area (Å²) < 4.78 is 8.45. The van der Waals surface area contributed by atoms with Crippen LogP contribution in [-0.2, 0) is 6.61 Å². The molecular formula is C28H24N4O. The van der Waals surface area contributed by atoms with Crippen molar-refractivity contribution in [2.24, 2.45) is 0 Å². The van der Waals surface area contributed by atoms with Crippen molar-refractivity contribution >= 4 is 27.5 Å². The van der Waals surface area contributed by atoms with E-state index in [1.807, 2.05) is 24.4 Å². The van der Waals surface area contributed by atoms with E-state index in [1.165, 1.54) is 16.5 Å². The first-order valence-corrected chi connectivity index (χ1v) is 11.1. The monoisotopic (exact) mass is 432 g/mol. The van der Waals surface area contributed by atoms with Crippen molar-refractivity contribution in [3.05, 3.63) is 109 Å². The lowest BCUT2D eigenvalue weighted by atomic mass is 10.1. The summed E-state index contributed by atoms with van der Waals surface area (Å²) in [6.45, 7) is 1.37. The molecule has 0 saturated carbocycles. The number of pyridine rings is 1. The van der Waals surface area contributed by atoms with Crippen molar-refractivity contribution in [3.63, 3.8) is 0 Å². The Hall–Kier alpha value is -4.25. The zero-order valence-corrected chi connectivity index (χ0v) is 18.4. The van der Waals surface area contributed by atoms with Crippen molar-refractivity contribution in [2.75, 3.05) is 18.6 Å². The molecule has 3 aromatic carbocycles. The summed E-state index contributed by atoms with van der Waals surface area (Å²) in [6.07, 6.45) is 6.01. The van der Waals surface area contributed by atoms with E-state index in [0.29, 0.717) is 6.61 Å². The SMILES string of the molecule is CN1C=CN(c2cccc(COc3ccc4c5ccccc5n(-c5ccccn5)c4c3)c2)C1. The molecule has 0 fully saturated rings. The van der Waals surface area contributed by atoms with Gasteiger partial charge >= 0.3 is 0 Å². The molecule has 1 aliphatic heterocycles. The molecule has 162 valence electrons. The summed E-state index contributed by atoms with van der Waals surface area (Å²) in [5, 5.41) is 2.40. The van der Waals surface area contributed by atoms with Gasteiger partial charge in [0.1, 0.15) is 18.2 Å². The molecule has 0 bridgehead atoms. The zero-order chi connectivity index (χ0) is 22.2. The number of para-hydroxylation sites is 1. The van der Waals surface area contributed by atoms with Crippen LogP contribution in [0.4, 0.5) is 5.69 Å². The van der Waals surface area contributed by atoms with Crippen LogP contribution >= 0.6 is 0 Å². The molecule has 0 spiro atoms. The highest BCUT2D eigenvalue weighted by Crippen LogP contribution is 2.33. The van der Waals surface area contributed by atoms with Gasteiger partial charge in [-0.05, 0) is 48.0 Å². The van der Waals surface area contributed by atoms with Crippen LogP contribution in [0.1, 0.15) is 5.56 Å². The van der Waals surface area contributed by atoms with Crippen molar-refractivity contribution < 1.29 is 4.74 Å². The Morgan fingerprint density at radius 1 is 0.818 bits per heavy atom. The van der Waals surface area contributed by atoms with Gasteiger partial charge in [-0.3, -0.25) is 4.57 Å². The van der Waals surface area contributed by atoms with Gasteiger partial charge in [-0.25, -0.2) is 4.98 Å². The molecule has 0 radical (unpaired) electrons. The van der Waals surface area contributed by atoms with Crippen LogP contribution in [0.15, 0.2) is 104 Å². The molecule has 5 nitrogen and oxygen atoms in total. The number of anilines is 1. The van der Waals surface area contributed by atoms with Crippen molar-refractivity contribution in [2.45, 2.75) is 6.61 Å². The van der Waals surface area contributed by atoms with Gasteiger partial charge < -0.3 is 14.5 Å². The molecule has 5 aromatic rings. The number of ether oxygens (including phenoxy) is 1. The highest BCUT2D eigenvalue weighted by Gasteiger charge is 2.14. The van der Waals surface area contributed by atoms with Crippen LogP contribution in [0, 0.1) is 0 Å². The maximum absolute atomic E-state index is 6.25. The van der Waals surface area contributed by atoms with Crippen LogP contribution in [0.5, 0.6) is 5.75 Å². The molecule has 1 aliphatic rings. The number of hydrogen-bond donors (Lipinski definition) is 0. The predicted molar refractivity (Wildman–Crippen MR) is 134 cm³/mol. The van der Waals surface area contributed by atoms with E-state index in [1.54, 1.807) is 0 Å². The van der Waals surface area contributed by atoms with Gasteiger partial charge in [-0.15, -0.1) is 0 Å². The van der Waals surface area contributed by atoms with Crippen LogP contribution in [0.3, 0.4) is 0 Å². The Kier molecular flexibility index (Phi) is 4.73. The summed E-state index contributed by atoms with van der Waals surface area (Å²) in [6, 6.07) is 29.3. The number of nitrogens with zero attached hydrogens (tertiary/aromatic N) is 4. The maximum Gasteiger partial charge on any atom is 0.137 e. The van der Waals surface area contributed by atoms with E-state index in [9.17, 15) is 0 Å². The van der Waals surface area contributed by atoms with E-state index >= 15 is 0 Å². The fourth-order valence-electron chi connectivity index (χ4n) is 4.46. The van der Waals surface area contributed by atoms with Gasteiger partial charge in [0.05, 0.1) is 17.7 Å². The lowest BCUT2D eigenvalue weighted by Crippen LogP contribution is -2.21. The first-order chi connectivity index (χ1) is 16.3. The second-order valence-corrected chi connectivity index (χ2v) is 8.34. The molecule has 3 heterocycles. The molecule has 33 heavy (non-hydrogen) atoms. The smallest absolute Gasteiger partial charge is 0.137 e. The predicted octanol–water partition coefficient (Wildman–Crippen LogP) is 5.94. The first kappa shape index (κ1) is 19.4. The van der Waals surface area contributed by atoms with Gasteiger partial charge in [0.25, 0.3) is 0 Å². The molecular weight excluding hydrogens is 408 g/mol. The Morgan fingerprint density at radius 2 is 1.70 bits per heavy atom. The van der Waals surface area contributed by atoms with Crippen LogP contribution in [0.2, 0.25) is 0 Å². The molecule has 5 heteroatoms. The third kappa shape index (κ3) is 3.57. The number of hydrogen-bond acceptors (Lipinski definition) is 4. The summed E-state index contributed by atoms with van der Waals surface area (Å²) in [5.41, 5.74) is 4.54. The van der Waals surface area contributed by atoms with E-state index in [2.05, 4.69) is 106 Å². The second kappa shape index (κ2) is 8.02. The summed E-state index contributed by atoms with van der Waals surface area (Å²) in [4.78, 5) is 8.98. The quantitative estimate of drug-likeness (QED) is 0.344. The average Bonchev–Trinajstić information content (AvgIpc) is 3.44. The summed E-state index contributed by atoms with van der Waals surface area (Å²) >= 11 is 0. The number of benzene rings is 3. The molecule has 6 rings (SSSR count). The highest BCUT2D eigenvalue weighted by molar-refractivity contribution is 6.09. The summed E-state index contributed by atoms with van der Waals surface area (Å²) in [5.74, 6) is 1.74. The van der Waals surface area contributed by atoms with E-state index in [4.69, 9.17) is 4.74 Å². The van der Waals surface area contributed by atoms with Gasteiger partial charge in [0, 0.05) is 48.2 Å². The van der Waals surface area contributed by atoms with Gasteiger partial charge in [-0.1, -0.05) is 36.4 Å². The molecule has 0 amide bonds. The molecule has 2 aromatic heterocycles. The van der Waals surface area contributed by atoms with Crippen LogP contribution in [-0.4, -0.2) is 28.2 Å². The topological polar surface area (TPSA) is 33.5 Å². The second-order valence-electron chi connectivity index (χ2n) is 8.34. The molecule has 0 unspecified atom stereocenters. The van der Waals surface area contributed by atoms with Gasteiger partial charge in [-0.2, -0.15) is 0 Å². The highest BCUT2D eigenvalue weighted by atomic mass is 16.5. The Balaban J connectivity index is 1.33. The largest absolute Gasteiger partial charge is 0.489 e. The molecule has 0 atom stereocenters. The van der Waals surface area contributed by atoms with Crippen LogP contribution < -0.4 is 9.64 Å². The third-order valence-corrected chi connectivity index (χ3v) is 6.05. The Labute approximate surface area is 192 Å².